The molecule has 2 heterocycles. The van der Waals surface area contributed by atoms with Crippen LogP contribution >= 0.6 is 24.0 Å². The van der Waals surface area contributed by atoms with Crippen molar-refractivity contribution in [2.75, 3.05) is 51.8 Å². The van der Waals surface area contributed by atoms with Crippen LogP contribution in [-0.4, -0.2) is 68.7 Å². The maximum atomic E-state index is 12.0. The van der Waals surface area contributed by atoms with Crippen molar-refractivity contribution in [3.63, 3.8) is 0 Å². The summed E-state index contributed by atoms with van der Waals surface area (Å²) in [6.45, 7) is 7.12. The minimum atomic E-state index is -0.00222. The number of carbonyl (C=O) groups excluding carboxylic acids is 1. The van der Waals surface area contributed by atoms with Gasteiger partial charge in [0.15, 0.2) is 5.96 Å². The van der Waals surface area contributed by atoms with Crippen LogP contribution in [0.5, 0.6) is 0 Å². The lowest BCUT2D eigenvalue weighted by molar-refractivity contribution is 0.0827. The van der Waals surface area contributed by atoms with Crippen molar-refractivity contribution >= 4 is 41.7 Å². The number of pyridine rings is 1. The van der Waals surface area contributed by atoms with Crippen molar-refractivity contribution < 1.29 is 9.53 Å². The van der Waals surface area contributed by atoms with Gasteiger partial charge in [0.05, 0.1) is 19.8 Å². The fourth-order valence-electron chi connectivity index (χ4n) is 3.33. The van der Waals surface area contributed by atoms with Gasteiger partial charge in [0.1, 0.15) is 5.82 Å². The standard InChI is InChI=1S/C23H32N6O2.HI/c1-4-24-23(26-16-18-7-9-19(10-8-18)22(30)28(2)3)27-17-20-6-5-11-25-21(20)29-12-14-31-15-13-29;/h5-11H,4,12-17H2,1-3H3,(H2,24,26,27);1H. The van der Waals surface area contributed by atoms with E-state index in [4.69, 9.17) is 9.73 Å². The van der Waals surface area contributed by atoms with Gasteiger partial charge in [0.2, 0.25) is 0 Å². The highest BCUT2D eigenvalue weighted by Crippen LogP contribution is 2.18. The zero-order chi connectivity index (χ0) is 22.1. The van der Waals surface area contributed by atoms with Crippen LogP contribution in [0.2, 0.25) is 0 Å². The molecule has 1 aromatic carbocycles. The van der Waals surface area contributed by atoms with E-state index in [9.17, 15) is 4.79 Å². The molecule has 174 valence electrons. The molecule has 1 fully saturated rings. The molecular weight excluding hydrogens is 519 g/mol. The second kappa shape index (κ2) is 13.2. The number of guanidine groups is 1. The van der Waals surface area contributed by atoms with Crippen molar-refractivity contribution in [1.29, 1.82) is 0 Å². The van der Waals surface area contributed by atoms with Crippen LogP contribution in [0.4, 0.5) is 5.82 Å². The highest BCUT2D eigenvalue weighted by atomic mass is 127. The average Bonchev–Trinajstić information content (AvgIpc) is 2.81. The predicted octanol–water partition coefficient (Wildman–Crippen LogP) is 2.49. The Morgan fingerprint density at radius 2 is 1.88 bits per heavy atom. The molecule has 0 bridgehead atoms. The molecule has 2 N–H and O–H groups in total. The van der Waals surface area contributed by atoms with E-state index in [-0.39, 0.29) is 29.9 Å². The lowest BCUT2D eigenvalue weighted by atomic mass is 10.1. The van der Waals surface area contributed by atoms with Crippen molar-refractivity contribution in [3.8, 4) is 0 Å². The monoisotopic (exact) mass is 552 g/mol. The lowest BCUT2D eigenvalue weighted by Gasteiger charge is -2.29. The molecule has 2 aromatic rings. The van der Waals surface area contributed by atoms with Gasteiger partial charge in [-0.25, -0.2) is 9.98 Å². The summed E-state index contributed by atoms with van der Waals surface area (Å²) in [5, 5.41) is 6.70. The molecule has 3 rings (SSSR count). The summed E-state index contributed by atoms with van der Waals surface area (Å²) >= 11 is 0. The van der Waals surface area contributed by atoms with Gasteiger partial charge in [0, 0.05) is 57.6 Å². The highest BCUT2D eigenvalue weighted by Gasteiger charge is 2.16. The van der Waals surface area contributed by atoms with E-state index in [1.807, 2.05) is 43.5 Å². The van der Waals surface area contributed by atoms with Gasteiger partial charge in [-0.05, 0) is 30.7 Å². The molecular formula is C23H33IN6O2. The fraction of sp³-hybridized carbons (Fsp3) is 0.435. The number of aliphatic imine (C=N–C) groups is 1. The molecule has 0 atom stereocenters. The summed E-state index contributed by atoms with van der Waals surface area (Å²) in [6.07, 6.45) is 1.83. The van der Waals surface area contributed by atoms with Crippen LogP contribution in [0, 0.1) is 0 Å². The van der Waals surface area contributed by atoms with Crippen molar-refractivity contribution in [3.05, 3.63) is 59.3 Å². The number of aromatic nitrogens is 1. The zero-order valence-electron chi connectivity index (χ0n) is 19.0. The van der Waals surface area contributed by atoms with Crippen LogP contribution in [0.3, 0.4) is 0 Å². The number of hydrogen-bond donors (Lipinski definition) is 2. The van der Waals surface area contributed by atoms with E-state index < -0.39 is 0 Å². The van der Waals surface area contributed by atoms with Crippen molar-refractivity contribution in [1.82, 2.24) is 20.5 Å². The molecule has 1 saturated heterocycles. The quantitative estimate of drug-likeness (QED) is 0.312. The molecule has 0 aliphatic carbocycles. The van der Waals surface area contributed by atoms with E-state index in [0.29, 0.717) is 18.7 Å². The first kappa shape index (κ1) is 25.9. The Morgan fingerprint density at radius 3 is 2.53 bits per heavy atom. The molecule has 0 saturated carbocycles. The number of benzene rings is 1. The highest BCUT2D eigenvalue weighted by molar-refractivity contribution is 14.0. The van der Waals surface area contributed by atoms with Crippen LogP contribution < -0.4 is 15.5 Å². The third-order valence-electron chi connectivity index (χ3n) is 5.00. The molecule has 1 aromatic heterocycles. The molecule has 1 amide bonds. The van der Waals surface area contributed by atoms with E-state index in [1.165, 1.54) is 0 Å². The molecule has 9 heteroatoms. The van der Waals surface area contributed by atoms with Crippen LogP contribution in [-0.2, 0) is 17.8 Å². The summed E-state index contributed by atoms with van der Waals surface area (Å²) < 4.78 is 5.46. The predicted molar refractivity (Wildman–Crippen MR) is 139 cm³/mol. The Morgan fingerprint density at radius 1 is 1.16 bits per heavy atom. The third-order valence-corrected chi connectivity index (χ3v) is 5.00. The third kappa shape index (κ3) is 7.33. The van der Waals surface area contributed by atoms with E-state index in [2.05, 4.69) is 26.6 Å². The maximum absolute atomic E-state index is 12.0. The minimum absolute atomic E-state index is 0. The van der Waals surface area contributed by atoms with Gasteiger partial charge in [-0.3, -0.25) is 4.79 Å². The second-order valence-electron chi connectivity index (χ2n) is 7.53. The van der Waals surface area contributed by atoms with Gasteiger partial charge >= 0.3 is 0 Å². The van der Waals surface area contributed by atoms with Gasteiger partial charge in [0.25, 0.3) is 5.91 Å². The number of nitrogens with zero attached hydrogens (tertiary/aromatic N) is 4. The fourth-order valence-corrected chi connectivity index (χ4v) is 3.33. The summed E-state index contributed by atoms with van der Waals surface area (Å²) in [5.74, 6) is 1.74. The van der Waals surface area contributed by atoms with Gasteiger partial charge < -0.3 is 25.2 Å². The van der Waals surface area contributed by atoms with E-state index >= 15 is 0 Å². The van der Waals surface area contributed by atoms with Gasteiger partial charge in [-0.1, -0.05) is 18.2 Å². The number of hydrogen-bond acceptors (Lipinski definition) is 5. The minimum Gasteiger partial charge on any atom is -0.378 e. The largest absolute Gasteiger partial charge is 0.378 e. The first-order valence-electron chi connectivity index (χ1n) is 10.7. The first-order chi connectivity index (χ1) is 15.1. The molecule has 0 spiro atoms. The number of carbonyl (C=O) groups is 1. The summed E-state index contributed by atoms with van der Waals surface area (Å²) in [6, 6.07) is 11.6. The van der Waals surface area contributed by atoms with E-state index in [0.717, 1.165) is 55.8 Å². The number of amides is 1. The molecule has 8 nitrogen and oxygen atoms in total. The molecule has 32 heavy (non-hydrogen) atoms. The Bertz CT molecular complexity index is 882. The number of ether oxygens (including phenoxy) is 1. The Hall–Kier alpha value is -2.40. The molecule has 0 radical (unpaired) electrons. The number of anilines is 1. The van der Waals surface area contributed by atoms with Crippen LogP contribution in [0.25, 0.3) is 0 Å². The maximum Gasteiger partial charge on any atom is 0.253 e. The smallest absolute Gasteiger partial charge is 0.253 e. The summed E-state index contributed by atoms with van der Waals surface area (Å²) in [5.41, 5.74) is 2.85. The van der Waals surface area contributed by atoms with Gasteiger partial charge in [-0.2, -0.15) is 0 Å². The van der Waals surface area contributed by atoms with Crippen LogP contribution in [0.15, 0.2) is 47.6 Å². The average molecular weight is 552 g/mol. The Kier molecular flexibility index (Phi) is 10.7. The van der Waals surface area contributed by atoms with Crippen molar-refractivity contribution in [2.24, 2.45) is 4.99 Å². The number of nitrogens with one attached hydrogen (secondary N) is 2. The summed E-state index contributed by atoms with van der Waals surface area (Å²) in [4.78, 5) is 25.2. The SMILES string of the molecule is CCNC(=NCc1ccc(C(=O)N(C)C)cc1)NCc1cccnc1N1CCOCC1.I. The Labute approximate surface area is 207 Å². The number of halogens is 1. The normalized spacial score (nSPS) is 13.8. The molecule has 0 unspecified atom stereocenters. The summed E-state index contributed by atoms with van der Waals surface area (Å²) in [7, 11) is 3.50. The van der Waals surface area contributed by atoms with Gasteiger partial charge in [-0.15, -0.1) is 24.0 Å². The Balaban J connectivity index is 0.00000363. The van der Waals surface area contributed by atoms with Crippen molar-refractivity contribution in [2.45, 2.75) is 20.0 Å². The number of rotatable bonds is 7. The van der Waals surface area contributed by atoms with E-state index in [1.54, 1.807) is 19.0 Å². The zero-order valence-corrected chi connectivity index (χ0v) is 21.3. The number of morpholine rings is 1. The lowest BCUT2D eigenvalue weighted by Crippen LogP contribution is -2.39. The molecule has 1 aliphatic heterocycles. The topological polar surface area (TPSA) is 82.1 Å². The molecule has 1 aliphatic rings. The second-order valence-corrected chi connectivity index (χ2v) is 7.53. The first-order valence-corrected chi connectivity index (χ1v) is 10.7. The van der Waals surface area contributed by atoms with Crippen LogP contribution in [0.1, 0.15) is 28.4 Å².